The van der Waals surface area contributed by atoms with Crippen molar-refractivity contribution in [1.82, 2.24) is 0 Å². The predicted octanol–water partition coefficient (Wildman–Crippen LogP) is 2.59. The van der Waals surface area contributed by atoms with Crippen LogP contribution in [0.25, 0.3) is 0 Å². The van der Waals surface area contributed by atoms with Crippen LogP contribution in [0.5, 0.6) is 0 Å². The molecule has 0 saturated heterocycles. The van der Waals surface area contributed by atoms with Gasteiger partial charge in [0.2, 0.25) is 0 Å². The van der Waals surface area contributed by atoms with Gasteiger partial charge >= 0.3 is 0 Å². The highest BCUT2D eigenvalue weighted by molar-refractivity contribution is 9.11. The molecule has 1 rings (SSSR count). The van der Waals surface area contributed by atoms with E-state index in [0.717, 1.165) is 6.07 Å². The number of primary amides is 1. The number of rotatable bonds is 1. The fourth-order valence-electron chi connectivity index (χ4n) is 0.752. The molecule has 1 aromatic rings. The van der Waals surface area contributed by atoms with E-state index < -0.39 is 22.0 Å². The summed E-state index contributed by atoms with van der Waals surface area (Å²) < 4.78 is 25.6. The predicted molar refractivity (Wildman–Crippen MR) is 50.3 cm³/mol. The molecule has 0 spiro atoms. The number of carbonyl (C=O) groups is 1. The first kappa shape index (κ1) is 10.6. The highest BCUT2D eigenvalue weighted by atomic mass is 79.9. The van der Waals surface area contributed by atoms with Crippen LogP contribution in [0.2, 0.25) is 0 Å². The van der Waals surface area contributed by atoms with Crippen LogP contribution in [0, 0.1) is 11.6 Å². The molecule has 1 aromatic carbocycles. The monoisotopic (exact) mass is 313 g/mol. The molecular formula is C7H3Br2F2NO. The van der Waals surface area contributed by atoms with E-state index in [0.29, 0.717) is 0 Å². The normalized spacial score (nSPS) is 10.2. The van der Waals surface area contributed by atoms with Gasteiger partial charge in [0, 0.05) is 0 Å². The van der Waals surface area contributed by atoms with E-state index in [9.17, 15) is 13.6 Å². The average molecular weight is 315 g/mol. The Hall–Kier alpha value is -0.490. The molecule has 13 heavy (non-hydrogen) atoms. The van der Waals surface area contributed by atoms with Crippen LogP contribution in [-0.4, -0.2) is 5.91 Å². The first-order chi connectivity index (χ1) is 5.95. The lowest BCUT2D eigenvalue weighted by Gasteiger charge is -2.03. The second kappa shape index (κ2) is 3.71. The average Bonchev–Trinajstić information content (AvgIpc) is 2.07. The van der Waals surface area contributed by atoms with Crippen LogP contribution in [0.4, 0.5) is 8.78 Å². The van der Waals surface area contributed by atoms with E-state index in [2.05, 4.69) is 31.9 Å². The molecule has 0 radical (unpaired) electrons. The summed E-state index contributed by atoms with van der Waals surface area (Å²) in [5.41, 5.74) is 4.50. The summed E-state index contributed by atoms with van der Waals surface area (Å²) in [5.74, 6) is -2.74. The maximum Gasteiger partial charge on any atom is 0.251 e. The molecular weight excluding hydrogens is 312 g/mol. The van der Waals surface area contributed by atoms with Gasteiger partial charge in [-0.3, -0.25) is 4.79 Å². The number of nitrogens with two attached hydrogens (primary N) is 1. The molecule has 2 N–H and O–H groups in total. The quantitative estimate of drug-likeness (QED) is 0.628. The molecule has 0 atom stereocenters. The van der Waals surface area contributed by atoms with Crippen molar-refractivity contribution in [3.05, 3.63) is 32.2 Å². The fourth-order valence-corrected chi connectivity index (χ4v) is 1.87. The zero-order valence-corrected chi connectivity index (χ0v) is 9.25. The van der Waals surface area contributed by atoms with Crippen LogP contribution in [0.3, 0.4) is 0 Å². The molecule has 0 aliphatic rings. The molecule has 70 valence electrons. The van der Waals surface area contributed by atoms with Gasteiger partial charge in [0.25, 0.3) is 5.91 Å². The van der Waals surface area contributed by atoms with Crippen molar-refractivity contribution in [3.63, 3.8) is 0 Å². The molecule has 0 aromatic heterocycles. The first-order valence-corrected chi connectivity index (χ1v) is 4.66. The molecule has 1 amide bonds. The highest BCUT2D eigenvalue weighted by Crippen LogP contribution is 2.28. The lowest BCUT2D eigenvalue weighted by molar-refractivity contribution is 0.0996. The van der Waals surface area contributed by atoms with Crippen molar-refractivity contribution < 1.29 is 13.6 Å². The zero-order chi connectivity index (χ0) is 10.2. The number of carbonyl (C=O) groups excluding carboxylic acids is 1. The maximum atomic E-state index is 13.1. The van der Waals surface area contributed by atoms with Crippen molar-refractivity contribution in [2.45, 2.75) is 0 Å². The first-order valence-electron chi connectivity index (χ1n) is 3.08. The minimum Gasteiger partial charge on any atom is -0.366 e. The number of halogens is 4. The second-order valence-corrected chi connectivity index (χ2v) is 3.86. The Morgan fingerprint density at radius 1 is 1.31 bits per heavy atom. The van der Waals surface area contributed by atoms with Gasteiger partial charge in [-0.2, -0.15) is 0 Å². The standard InChI is InChI=1S/C7H3Br2F2NO/c8-3-1-2(7(12)13)5(10)4(9)6(3)11/h1H,(H2,12,13). The number of benzene rings is 1. The van der Waals surface area contributed by atoms with Crippen LogP contribution in [0.15, 0.2) is 15.0 Å². The lowest BCUT2D eigenvalue weighted by Crippen LogP contribution is -2.14. The number of hydrogen-bond acceptors (Lipinski definition) is 1. The summed E-state index contributed by atoms with van der Waals surface area (Å²) in [6.45, 7) is 0. The fraction of sp³-hybridized carbons (Fsp3) is 0. The van der Waals surface area contributed by atoms with E-state index in [-0.39, 0.29) is 10.0 Å². The summed E-state index contributed by atoms with van der Waals surface area (Å²) in [7, 11) is 0. The van der Waals surface area contributed by atoms with Crippen LogP contribution in [-0.2, 0) is 0 Å². The zero-order valence-electron chi connectivity index (χ0n) is 6.07. The molecule has 0 fully saturated rings. The number of amides is 1. The van der Waals surface area contributed by atoms with Gasteiger partial charge in [-0.1, -0.05) is 0 Å². The van der Waals surface area contributed by atoms with E-state index in [1.165, 1.54) is 0 Å². The van der Waals surface area contributed by atoms with Gasteiger partial charge in [-0.15, -0.1) is 0 Å². The highest BCUT2D eigenvalue weighted by Gasteiger charge is 2.18. The lowest BCUT2D eigenvalue weighted by atomic mass is 10.2. The SMILES string of the molecule is NC(=O)c1cc(Br)c(F)c(Br)c1F. The van der Waals surface area contributed by atoms with E-state index >= 15 is 0 Å². The van der Waals surface area contributed by atoms with Crippen molar-refractivity contribution in [2.75, 3.05) is 0 Å². The van der Waals surface area contributed by atoms with Crippen molar-refractivity contribution in [1.29, 1.82) is 0 Å². The second-order valence-electron chi connectivity index (χ2n) is 2.21. The maximum absolute atomic E-state index is 13.1. The Labute approximate surface area is 89.4 Å². The number of hydrogen-bond donors (Lipinski definition) is 1. The van der Waals surface area contributed by atoms with Crippen molar-refractivity contribution in [3.8, 4) is 0 Å². The van der Waals surface area contributed by atoms with Crippen molar-refractivity contribution in [2.24, 2.45) is 5.73 Å². The molecule has 0 heterocycles. The minimum atomic E-state index is -0.992. The van der Waals surface area contributed by atoms with E-state index in [4.69, 9.17) is 5.73 Å². The molecule has 6 heteroatoms. The Kier molecular flexibility index (Phi) is 3.02. The molecule has 0 aliphatic heterocycles. The molecule has 2 nitrogen and oxygen atoms in total. The largest absolute Gasteiger partial charge is 0.366 e. The van der Waals surface area contributed by atoms with E-state index in [1.807, 2.05) is 0 Å². The van der Waals surface area contributed by atoms with Crippen LogP contribution < -0.4 is 5.73 Å². The Bertz CT molecular complexity index is 381. The Morgan fingerprint density at radius 2 is 1.85 bits per heavy atom. The topological polar surface area (TPSA) is 43.1 Å². The summed E-state index contributed by atoms with van der Waals surface area (Å²) >= 11 is 5.48. The third kappa shape index (κ3) is 1.88. The molecule has 0 saturated carbocycles. The smallest absolute Gasteiger partial charge is 0.251 e. The van der Waals surface area contributed by atoms with Crippen LogP contribution in [0.1, 0.15) is 10.4 Å². The summed E-state index contributed by atoms with van der Waals surface area (Å²) in [5, 5.41) is 0. The Balaban J connectivity index is 3.50. The van der Waals surface area contributed by atoms with Crippen LogP contribution >= 0.6 is 31.9 Å². The summed E-state index contributed by atoms with van der Waals surface area (Å²) in [4.78, 5) is 10.7. The van der Waals surface area contributed by atoms with Gasteiger partial charge in [0.1, 0.15) is 0 Å². The third-order valence-corrected chi connectivity index (χ3v) is 2.64. The van der Waals surface area contributed by atoms with Gasteiger partial charge in [-0.05, 0) is 37.9 Å². The van der Waals surface area contributed by atoms with Gasteiger partial charge in [-0.25, -0.2) is 8.78 Å². The summed E-state index contributed by atoms with van der Waals surface area (Å²) in [6, 6.07) is 0.998. The minimum absolute atomic E-state index is 0.0189. The summed E-state index contributed by atoms with van der Waals surface area (Å²) in [6.07, 6.45) is 0. The molecule has 0 unspecified atom stereocenters. The third-order valence-electron chi connectivity index (χ3n) is 1.37. The van der Waals surface area contributed by atoms with Crippen molar-refractivity contribution >= 4 is 37.8 Å². The molecule has 0 bridgehead atoms. The Morgan fingerprint density at radius 3 is 2.31 bits per heavy atom. The van der Waals surface area contributed by atoms with Gasteiger partial charge < -0.3 is 5.73 Å². The van der Waals surface area contributed by atoms with Gasteiger partial charge in [0.15, 0.2) is 11.6 Å². The molecule has 0 aliphatic carbocycles. The van der Waals surface area contributed by atoms with E-state index in [1.54, 1.807) is 0 Å². The van der Waals surface area contributed by atoms with Gasteiger partial charge in [0.05, 0.1) is 14.5 Å².